The Balaban J connectivity index is 2.19. The molecule has 20 heavy (non-hydrogen) atoms. The number of para-hydroxylation sites is 1. The molecule has 0 saturated carbocycles. The van der Waals surface area contributed by atoms with Gasteiger partial charge in [0.05, 0.1) is 25.5 Å². The summed E-state index contributed by atoms with van der Waals surface area (Å²) in [6.07, 6.45) is 2.68. The van der Waals surface area contributed by atoms with Gasteiger partial charge < -0.3 is 10.1 Å². The Hall–Kier alpha value is -2.30. The first-order valence-corrected chi connectivity index (χ1v) is 6.67. The maximum absolute atomic E-state index is 12.0. The van der Waals surface area contributed by atoms with Gasteiger partial charge >= 0.3 is 0 Å². The Morgan fingerprint density at radius 2 is 2.15 bits per heavy atom. The van der Waals surface area contributed by atoms with E-state index in [4.69, 9.17) is 4.74 Å². The number of rotatable bonds is 6. The first-order chi connectivity index (χ1) is 9.74. The van der Waals surface area contributed by atoms with Crippen molar-refractivity contribution < 1.29 is 4.74 Å². The molecule has 5 nitrogen and oxygen atoms in total. The van der Waals surface area contributed by atoms with Gasteiger partial charge in [-0.05, 0) is 12.5 Å². The van der Waals surface area contributed by atoms with Crippen molar-refractivity contribution in [2.75, 3.05) is 19.0 Å². The summed E-state index contributed by atoms with van der Waals surface area (Å²) >= 11 is 0. The van der Waals surface area contributed by atoms with Gasteiger partial charge in [-0.3, -0.25) is 4.79 Å². The van der Waals surface area contributed by atoms with Gasteiger partial charge in [-0.2, -0.15) is 5.10 Å². The third kappa shape index (κ3) is 3.38. The molecule has 0 aliphatic rings. The molecular formula is C15H19N3O2. The minimum absolute atomic E-state index is 0.128. The molecule has 2 aromatic rings. The van der Waals surface area contributed by atoms with E-state index in [0.29, 0.717) is 6.54 Å². The monoisotopic (exact) mass is 273 g/mol. The standard InChI is InChI=1S/C15H19N3O2/c1-3-8-16-13-9-15(19)18(17-10-13)11-12-6-4-5-7-14(12)20-2/h4-7,9-10,16H,3,8,11H2,1-2H3. The van der Waals surface area contributed by atoms with Crippen LogP contribution in [0.3, 0.4) is 0 Å². The molecule has 106 valence electrons. The second-order valence-electron chi connectivity index (χ2n) is 4.48. The van der Waals surface area contributed by atoms with E-state index in [1.54, 1.807) is 19.4 Å². The Morgan fingerprint density at radius 1 is 1.35 bits per heavy atom. The van der Waals surface area contributed by atoms with Crippen LogP contribution in [0.15, 0.2) is 41.3 Å². The van der Waals surface area contributed by atoms with Crippen molar-refractivity contribution in [1.82, 2.24) is 9.78 Å². The predicted octanol–water partition coefficient (Wildman–Crippen LogP) is 2.12. The zero-order chi connectivity index (χ0) is 14.4. The molecule has 1 aromatic carbocycles. The lowest BCUT2D eigenvalue weighted by molar-refractivity contribution is 0.407. The van der Waals surface area contributed by atoms with Crippen molar-refractivity contribution in [3.63, 3.8) is 0 Å². The van der Waals surface area contributed by atoms with Gasteiger partial charge in [0.1, 0.15) is 5.75 Å². The summed E-state index contributed by atoms with van der Waals surface area (Å²) in [5.74, 6) is 0.759. The summed E-state index contributed by atoms with van der Waals surface area (Å²) < 4.78 is 6.70. The number of benzene rings is 1. The topological polar surface area (TPSA) is 56.1 Å². The molecule has 0 amide bonds. The highest BCUT2D eigenvalue weighted by molar-refractivity contribution is 5.39. The van der Waals surface area contributed by atoms with Crippen LogP contribution < -0.4 is 15.6 Å². The normalized spacial score (nSPS) is 10.3. The number of methoxy groups -OCH3 is 1. The number of anilines is 1. The fourth-order valence-electron chi connectivity index (χ4n) is 1.91. The molecular weight excluding hydrogens is 254 g/mol. The molecule has 2 rings (SSSR count). The van der Waals surface area contributed by atoms with Crippen LogP contribution in [0.5, 0.6) is 5.75 Å². The minimum atomic E-state index is -0.128. The quantitative estimate of drug-likeness (QED) is 0.876. The SMILES string of the molecule is CCCNc1cnn(Cc2ccccc2OC)c(=O)c1. The van der Waals surface area contributed by atoms with Gasteiger partial charge in [-0.1, -0.05) is 25.1 Å². The van der Waals surface area contributed by atoms with Gasteiger partial charge in [0.15, 0.2) is 0 Å². The molecule has 0 fully saturated rings. The first kappa shape index (κ1) is 14.1. The molecule has 1 aromatic heterocycles. The molecule has 5 heteroatoms. The number of nitrogens with one attached hydrogen (secondary N) is 1. The number of nitrogens with zero attached hydrogens (tertiary/aromatic N) is 2. The Kier molecular flexibility index (Phi) is 4.76. The van der Waals surface area contributed by atoms with Crippen LogP contribution in [-0.4, -0.2) is 23.4 Å². The molecule has 0 aliphatic carbocycles. The van der Waals surface area contributed by atoms with Crippen LogP contribution >= 0.6 is 0 Å². The van der Waals surface area contributed by atoms with E-state index < -0.39 is 0 Å². The van der Waals surface area contributed by atoms with E-state index in [9.17, 15) is 4.79 Å². The van der Waals surface area contributed by atoms with Crippen molar-refractivity contribution in [2.24, 2.45) is 0 Å². The summed E-state index contributed by atoms with van der Waals surface area (Å²) in [4.78, 5) is 12.0. The summed E-state index contributed by atoms with van der Waals surface area (Å²) in [5, 5.41) is 7.34. The number of ether oxygens (including phenoxy) is 1. The molecule has 1 heterocycles. The molecule has 0 atom stereocenters. The third-order valence-corrected chi connectivity index (χ3v) is 2.96. The van der Waals surface area contributed by atoms with Crippen LogP contribution in [-0.2, 0) is 6.54 Å². The number of aromatic nitrogens is 2. The Morgan fingerprint density at radius 3 is 2.85 bits per heavy atom. The lowest BCUT2D eigenvalue weighted by Crippen LogP contribution is -2.23. The van der Waals surface area contributed by atoms with Crippen LogP contribution in [0.25, 0.3) is 0 Å². The smallest absolute Gasteiger partial charge is 0.269 e. The van der Waals surface area contributed by atoms with Crippen LogP contribution in [0.2, 0.25) is 0 Å². The molecule has 0 bridgehead atoms. The number of hydrogen-bond donors (Lipinski definition) is 1. The van der Waals surface area contributed by atoms with Gasteiger partial charge in [0.2, 0.25) is 0 Å². The van der Waals surface area contributed by atoms with E-state index in [1.165, 1.54) is 4.68 Å². The lowest BCUT2D eigenvalue weighted by atomic mass is 10.2. The highest BCUT2D eigenvalue weighted by atomic mass is 16.5. The summed E-state index contributed by atoms with van der Waals surface area (Å²) in [7, 11) is 1.62. The highest BCUT2D eigenvalue weighted by Gasteiger charge is 2.05. The average Bonchev–Trinajstić information content (AvgIpc) is 2.48. The number of hydrogen-bond acceptors (Lipinski definition) is 4. The zero-order valence-corrected chi connectivity index (χ0v) is 11.8. The molecule has 0 aliphatic heterocycles. The maximum Gasteiger partial charge on any atom is 0.269 e. The molecule has 0 spiro atoms. The van der Waals surface area contributed by atoms with Crippen LogP contribution in [0.4, 0.5) is 5.69 Å². The van der Waals surface area contributed by atoms with Gasteiger partial charge in [-0.15, -0.1) is 0 Å². The second-order valence-corrected chi connectivity index (χ2v) is 4.48. The summed E-state index contributed by atoms with van der Waals surface area (Å²) in [5.41, 5.74) is 1.56. The predicted molar refractivity (Wildman–Crippen MR) is 79.4 cm³/mol. The van der Waals surface area contributed by atoms with Crippen LogP contribution in [0, 0.1) is 0 Å². The average molecular weight is 273 g/mol. The van der Waals surface area contributed by atoms with Crippen molar-refractivity contribution >= 4 is 5.69 Å². The van der Waals surface area contributed by atoms with Gasteiger partial charge in [-0.25, -0.2) is 4.68 Å². The molecule has 0 saturated heterocycles. The molecule has 1 N–H and O–H groups in total. The largest absolute Gasteiger partial charge is 0.496 e. The summed E-state index contributed by atoms with van der Waals surface area (Å²) in [6, 6.07) is 9.18. The van der Waals surface area contributed by atoms with Gasteiger partial charge in [0, 0.05) is 18.2 Å². The first-order valence-electron chi connectivity index (χ1n) is 6.67. The van der Waals surface area contributed by atoms with Gasteiger partial charge in [0.25, 0.3) is 5.56 Å². The maximum atomic E-state index is 12.0. The van der Waals surface area contributed by atoms with E-state index in [2.05, 4.69) is 17.3 Å². The third-order valence-electron chi connectivity index (χ3n) is 2.96. The molecule has 0 radical (unpaired) electrons. The van der Waals surface area contributed by atoms with E-state index >= 15 is 0 Å². The van der Waals surface area contributed by atoms with E-state index in [0.717, 1.165) is 30.0 Å². The van der Waals surface area contributed by atoms with Crippen molar-refractivity contribution in [1.29, 1.82) is 0 Å². The fraction of sp³-hybridized carbons (Fsp3) is 0.333. The highest BCUT2D eigenvalue weighted by Crippen LogP contribution is 2.17. The second kappa shape index (κ2) is 6.75. The van der Waals surface area contributed by atoms with Crippen molar-refractivity contribution in [3.05, 3.63) is 52.4 Å². The van der Waals surface area contributed by atoms with Crippen molar-refractivity contribution in [3.8, 4) is 5.75 Å². The van der Waals surface area contributed by atoms with E-state index in [1.807, 2.05) is 24.3 Å². The van der Waals surface area contributed by atoms with E-state index in [-0.39, 0.29) is 5.56 Å². The zero-order valence-electron chi connectivity index (χ0n) is 11.8. The minimum Gasteiger partial charge on any atom is -0.496 e. The molecule has 0 unspecified atom stereocenters. The fourth-order valence-corrected chi connectivity index (χ4v) is 1.91. The Bertz CT molecular complexity index is 623. The van der Waals surface area contributed by atoms with Crippen LogP contribution in [0.1, 0.15) is 18.9 Å². The Labute approximate surface area is 118 Å². The van der Waals surface area contributed by atoms with Crippen molar-refractivity contribution in [2.45, 2.75) is 19.9 Å². The summed E-state index contributed by atoms with van der Waals surface area (Å²) in [6.45, 7) is 3.30. The lowest BCUT2D eigenvalue weighted by Gasteiger charge is -2.10.